The first-order chi connectivity index (χ1) is 14.0. The monoisotopic (exact) mass is 398 g/mol. The molecule has 7 heteroatoms. The van der Waals surface area contributed by atoms with Crippen molar-refractivity contribution >= 4 is 5.91 Å². The highest BCUT2D eigenvalue weighted by molar-refractivity contribution is 5.95. The van der Waals surface area contributed by atoms with E-state index in [0.29, 0.717) is 24.9 Å². The second-order valence-corrected chi connectivity index (χ2v) is 8.38. The maximum atomic E-state index is 12.9. The van der Waals surface area contributed by atoms with Crippen molar-refractivity contribution in [3.63, 3.8) is 0 Å². The number of amides is 1. The zero-order valence-corrected chi connectivity index (χ0v) is 17.3. The summed E-state index contributed by atoms with van der Waals surface area (Å²) in [5, 5.41) is 14.8. The summed E-state index contributed by atoms with van der Waals surface area (Å²) in [6.07, 6.45) is 2.64. The van der Waals surface area contributed by atoms with Gasteiger partial charge in [-0.3, -0.25) is 9.69 Å². The molecule has 2 saturated heterocycles. The normalized spacial score (nSPS) is 20.5. The summed E-state index contributed by atoms with van der Waals surface area (Å²) in [5.74, 6) is 0.728. The standard InChI is InChI=1S/C22H30N4O3/c1-16(2)18-4-3-5-19(12-18)26-14-20(27)21(23-26)22(28)25-9-7-24(8-10-25)13-17-6-11-29-15-17/h3-5,12,14,16-17,27H,6-11,13,15H2,1-2H3. The van der Waals surface area contributed by atoms with Crippen molar-refractivity contribution in [3.05, 3.63) is 41.7 Å². The van der Waals surface area contributed by atoms with Crippen molar-refractivity contribution < 1.29 is 14.6 Å². The lowest BCUT2D eigenvalue weighted by Gasteiger charge is -2.35. The van der Waals surface area contributed by atoms with Gasteiger partial charge in [-0.1, -0.05) is 26.0 Å². The Labute approximate surface area is 171 Å². The van der Waals surface area contributed by atoms with Gasteiger partial charge in [-0.15, -0.1) is 0 Å². The number of aromatic nitrogens is 2. The predicted molar refractivity (Wildman–Crippen MR) is 111 cm³/mol. The smallest absolute Gasteiger partial charge is 0.278 e. The lowest BCUT2D eigenvalue weighted by atomic mass is 10.0. The minimum Gasteiger partial charge on any atom is -0.504 e. The Balaban J connectivity index is 1.41. The number of carbonyl (C=O) groups is 1. The van der Waals surface area contributed by atoms with Gasteiger partial charge in [0, 0.05) is 39.3 Å². The molecule has 2 aliphatic heterocycles. The van der Waals surface area contributed by atoms with Gasteiger partial charge in [0.1, 0.15) is 0 Å². The summed E-state index contributed by atoms with van der Waals surface area (Å²) < 4.78 is 7.05. The van der Waals surface area contributed by atoms with E-state index in [4.69, 9.17) is 4.74 Å². The number of rotatable bonds is 5. The molecule has 0 radical (unpaired) electrons. The van der Waals surface area contributed by atoms with Crippen LogP contribution in [0.15, 0.2) is 30.5 Å². The van der Waals surface area contributed by atoms with Gasteiger partial charge in [0.05, 0.1) is 18.5 Å². The van der Waals surface area contributed by atoms with Crippen LogP contribution in [-0.2, 0) is 4.74 Å². The molecule has 2 aliphatic rings. The van der Waals surface area contributed by atoms with Crippen molar-refractivity contribution in [3.8, 4) is 11.4 Å². The maximum Gasteiger partial charge on any atom is 0.278 e. The molecule has 4 rings (SSSR count). The molecule has 0 bridgehead atoms. The summed E-state index contributed by atoms with van der Waals surface area (Å²) in [6.45, 7) is 10.0. The van der Waals surface area contributed by atoms with Crippen LogP contribution in [0.5, 0.6) is 5.75 Å². The van der Waals surface area contributed by atoms with Crippen molar-refractivity contribution in [1.82, 2.24) is 19.6 Å². The van der Waals surface area contributed by atoms with Crippen molar-refractivity contribution in [1.29, 1.82) is 0 Å². The highest BCUT2D eigenvalue weighted by Gasteiger charge is 2.28. The number of piperazine rings is 1. The first-order valence-corrected chi connectivity index (χ1v) is 10.5. The van der Waals surface area contributed by atoms with E-state index in [1.165, 1.54) is 11.8 Å². The number of hydrogen-bond acceptors (Lipinski definition) is 5. The molecule has 1 N–H and O–H groups in total. The Hall–Kier alpha value is -2.38. The number of ether oxygens (including phenoxy) is 1. The first-order valence-electron chi connectivity index (χ1n) is 10.5. The van der Waals surface area contributed by atoms with E-state index in [-0.39, 0.29) is 17.4 Å². The zero-order chi connectivity index (χ0) is 20.4. The summed E-state index contributed by atoms with van der Waals surface area (Å²) in [6, 6.07) is 8.01. The summed E-state index contributed by atoms with van der Waals surface area (Å²) in [4.78, 5) is 17.1. The molecule has 1 unspecified atom stereocenters. The van der Waals surface area contributed by atoms with Gasteiger partial charge in [-0.2, -0.15) is 5.10 Å². The minimum atomic E-state index is -0.204. The molecular formula is C22H30N4O3. The molecule has 1 amide bonds. The summed E-state index contributed by atoms with van der Waals surface area (Å²) >= 11 is 0. The van der Waals surface area contributed by atoms with Crippen LogP contribution >= 0.6 is 0 Å². The fourth-order valence-electron chi connectivity index (χ4n) is 4.05. The Morgan fingerprint density at radius 3 is 2.76 bits per heavy atom. The van der Waals surface area contributed by atoms with Crippen LogP contribution in [-0.4, -0.2) is 76.5 Å². The van der Waals surface area contributed by atoms with Gasteiger partial charge in [0.2, 0.25) is 0 Å². The van der Waals surface area contributed by atoms with Gasteiger partial charge in [0.25, 0.3) is 5.91 Å². The number of hydrogen-bond donors (Lipinski definition) is 1. The Kier molecular flexibility index (Phi) is 5.87. The van der Waals surface area contributed by atoms with Gasteiger partial charge in [0.15, 0.2) is 11.4 Å². The zero-order valence-electron chi connectivity index (χ0n) is 17.3. The van der Waals surface area contributed by atoms with Gasteiger partial charge < -0.3 is 14.7 Å². The van der Waals surface area contributed by atoms with E-state index in [9.17, 15) is 9.90 Å². The van der Waals surface area contributed by atoms with Crippen LogP contribution in [0.1, 0.15) is 42.2 Å². The van der Waals surface area contributed by atoms with Crippen molar-refractivity contribution in [2.45, 2.75) is 26.2 Å². The van der Waals surface area contributed by atoms with Gasteiger partial charge in [-0.05, 0) is 36.0 Å². The second-order valence-electron chi connectivity index (χ2n) is 8.38. The molecule has 2 fully saturated rings. The molecule has 1 atom stereocenters. The number of aromatic hydroxyl groups is 1. The third-order valence-corrected chi connectivity index (χ3v) is 5.90. The molecule has 1 aromatic heterocycles. The van der Waals surface area contributed by atoms with Crippen LogP contribution in [0, 0.1) is 5.92 Å². The maximum absolute atomic E-state index is 12.9. The SMILES string of the molecule is CC(C)c1cccc(-n2cc(O)c(C(=O)N3CCN(CC4CCOC4)CC3)n2)c1. The van der Waals surface area contributed by atoms with E-state index in [1.807, 2.05) is 18.2 Å². The van der Waals surface area contributed by atoms with E-state index >= 15 is 0 Å². The van der Waals surface area contributed by atoms with Crippen LogP contribution < -0.4 is 0 Å². The van der Waals surface area contributed by atoms with E-state index in [0.717, 1.165) is 45.0 Å². The lowest BCUT2D eigenvalue weighted by Crippen LogP contribution is -2.49. The quantitative estimate of drug-likeness (QED) is 0.838. The minimum absolute atomic E-state index is 0.0736. The fourth-order valence-corrected chi connectivity index (χ4v) is 4.05. The van der Waals surface area contributed by atoms with Crippen molar-refractivity contribution in [2.24, 2.45) is 5.92 Å². The molecule has 29 heavy (non-hydrogen) atoms. The average Bonchev–Trinajstić information content (AvgIpc) is 3.38. The number of nitrogens with zero attached hydrogens (tertiary/aromatic N) is 4. The second kappa shape index (κ2) is 8.55. The van der Waals surface area contributed by atoms with Gasteiger partial charge >= 0.3 is 0 Å². The van der Waals surface area contributed by atoms with Crippen LogP contribution in [0.2, 0.25) is 0 Å². The molecule has 3 heterocycles. The van der Waals surface area contributed by atoms with Crippen LogP contribution in [0.3, 0.4) is 0 Å². The Bertz CT molecular complexity index is 849. The molecule has 7 nitrogen and oxygen atoms in total. The molecule has 0 spiro atoms. The van der Waals surface area contributed by atoms with E-state index < -0.39 is 0 Å². The first kappa shape index (κ1) is 19.9. The van der Waals surface area contributed by atoms with E-state index in [2.05, 4.69) is 29.9 Å². The highest BCUT2D eigenvalue weighted by Crippen LogP contribution is 2.23. The fraction of sp³-hybridized carbons (Fsp3) is 0.545. The predicted octanol–water partition coefficient (Wildman–Crippen LogP) is 2.50. The summed E-state index contributed by atoms with van der Waals surface area (Å²) in [7, 11) is 0. The number of carbonyl (C=O) groups excluding carboxylic acids is 1. The number of benzene rings is 1. The third-order valence-electron chi connectivity index (χ3n) is 5.90. The topological polar surface area (TPSA) is 70.8 Å². The molecule has 1 aromatic carbocycles. The largest absolute Gasteiger partial charge is 0.504 e. The lowest BCUT2D eigenvalue weighted by molar-refractivity contribution is 0.0602. The highest BCUT2D eigenvalue weighted by atomic mass is 16.5. The molecule has 0 saturated carbocycles. The molecular weight excluding hydrogens is 368 g/mol. The van der Waals surface area contributed by atoms with Gasteiger partial charge in [-0.25, -0.2) is 4.68 Å². The average molecular weight is 399 g/mol. The van der Waals surface area contributed by atoms with Crippen LogP contribution in [0.4, 0.5) is 0 Å². The Morgan fingerprint density at radius 1 is 1.28 bits per heavy atom. The molecule has 2 aromatic rings. The Morgan fingerprint density at radius 2 is 2.07 bits per heavy atom. The van der Waals surface area contributed by atoms with Crippen LogP contribution in [0.25, 0.3) is 5.69 Å². The molecule has 156 valence electrons. The summed E-state index contributed by atoms with van der Waals surface area (Å²) in [5.41, 5.74) is 2.15. The molecule has 0 aliphatic carbocycles. The van der Waals surface area contributed by atoms with Crippen molar-refractivity contribution in [2.75, 3.05) is 45.9 Å². The van der Waals surface area contributed by atoms with E-state index in [1.54, 1.807) is 9.58 Å². The third kappa shape index (κ3) is 4.46.